The van der Waals surface area contributed by atoms with Crippen LogP contribution in [0.4, 0.5) is 0 Å². The Bertz CT molecular complexity index is 490. The SMILES string of the molecule is CC1O[C@H](COP(=O)(O)OP(=O)(O)OP(=O)(O)O)C[C@H]1C. The van der Waals surface area contributed by atoms with E-state index in [-0.39, 0.29) is 12.0 Å². The minimum atomic E-state index is -5.46. The molecule has 1 heterocycles. The largest absolute Gasteiger partial charge is 0.490 e. The van der Waals surface area contributed by atoms with Crippen LogP contribution in [0.25, 0.3) is 0 Å². The van der Waals surface area contributed by atoms with E-state index in [1.807, 2.05) is 13.8 Å². The molecular weight excluding hydrogens is 353 g/mol. The number of ether oxygens (including phenoxy) is 1. The lowest BCUT2D eigenvalue weighted by molar-refractivity contribution is 0.0138. The van der Waals surface area contributed by atoms with Crippen LogP contribution in [0.5, 0.6) is 0 Å². The van der Waals surface area contributed by atoms with Gasteiger partial charge in [0.15, 0.2) is 0 Å². The van der Waals surface area contributed by atoms with Gasteiger partial charge in [0, 0.05) is 0 Å². The van der Waals surface area contributed by atoms with Gasteiger partial charge in [-0.25, -0.2) is 13.7 Å². The van der Waals surface area contributed by atoms with E-state index >= 15 is 0 Å². The van der Waals surface area contributed by atoms with E-state index < -0.39 is 36.2 Å². The monoisotopic (exact) mass is 370 g/mol. The fourth-order valence-electron chi connectivity index (χ4n) is 1.69. The average molecular weight is 370 g/mol. The van der Waals surface area contributed by atoms with E-state index in [0.29, 0.717) is 6.42 Å². The van der Waals surface area contributed by atoms with E-state index in [9.17, 15) is 18.6 Å². The molecular formula is C7H17O11P3. The van der Waals surface area contributed by atoms with Crippen molar-refractivity contribution in [2.24, 2.45) is 5.92 Å². The second kappa shape index (κ2) is 6.86. The summed E-state index contributed by atoms with van der Waals surface area (Å²) in [7, 11) is -15.9. The molecule has 0 aromatic rings. The highest BCUT2D eigenvalue weighted by atomic mass is 31.3. The Balaban J connectivity index is 2.52. The molecule has 0 aliphatic carbocycles. The maximum atomic E-state index is 11.4. The van der Waals surface area contributed by atoms with Gasteiger partial charge < -0.3 is 24.3 Å². The molecule has 0 saturated carbocycles. The Labute approximate surface area is 120 Å². The zero-order chi connectivity index (χ0) is 16.5. The summed E-state index contributed by atoms with van der Waals surface area (Å²) < 4.78 is 49.9. The van der Waals surface area contributed by atoms with Crippen LogP contribution in [-0.4, -0.2) is 38.4 Å². The molecule has 0 bridgehead atoms. The van der Waals surface area contributed by atoms with Gasteiger partial charge in [-0.2, -0.15) is 8.62 Å². The third kappa shape index (κ3) is 7.45. The quantitative estimate of drug-likeness (QED) is 0.474. The fourth-order valence-corrected chi connectivity index (χ4v) is 4.74. The summed E-state index contributed by atoms with van der Waals surface area (Å²) in [5.74, 6) is 0.208. The van der Waals surface area contributed by atoms with Gasteiger partial charge in [0.1, 0.15) is 0 Å². The molecule has 0 amide bonds. The number of phosphoric acid groups is 3. The van der Waals surface area contributed by atoms with Gasteiger partial charge in [0.2, 0.25) is 0 Å². The Kier molecular flexibility index (Phi) is 6.35. The van der Waals surface area contributed by atoms with Crippen molar-refractivity contribution < 1.29 is 51.2 Å². The Morgan fingerprint density at radius 1 is 1.05 bits per heavy atom. The van der Waals surface area contributed by atoms with Crippen LogP contribution in [0.15, 0.2) is 0 Å². The lowest BCUT2D eigenvalue weighted by atomic mass is 10.0. The third-order valence-corrected chi connectivity index (χ3v) is 6.49. The van der Waals surface area contributed by atoms with Crippen LogP contribution >= 0.6 is 23.5 Å². The van der Waals surface area contributed by atoms with Gasteiger partial charge in [-0.15, -0.1) is 0 Å². The molecule has 21 heavy (non-hydrogen) atoms. The summed E-state index contributed by atoms with van der Waals surface area (Å²) in [4.78, 5) is 34.9. The summed E-state index contributed by atoms with van der Waals surface area (Å²) in [5, 5.41) is 0. The molecule has 1 rings (SSSR count). The minimum Gasteiger partial charge on any atom is -0.373 e. The lowest BCUT2D eigenvalue weighted by Crippen LogP contribution is -2.15. The summed E-state index contributed by atoms with van der Waals surface area (Å²) in [5.41, 5.74) is 0. The molecule has 11 nitrogen and oxygen atoms in total. The number of hydrogen-bond acceptors (Lipinski definition) is 7. The summed E-state index contributed by atoms with van der Waals surface area (Å²) >= 11 is 0. The van der Waals surface area contributed by atoms with Crippen LogP contribution in [0.1, 0.15) is 20.3 Å². The van der Waals surface area contributed by atoms with Gasteiger partial charge in [-0.3, -0.25) is 4.52 Å². The van der Waals surface area contributed by atoms with E-state index in [4.69, 9.17) is 19.4 Å². The molecule has 14 heteroatoms. The van der Waals surface area contributed by atoms with Gasteiger partial charge in [0.05, 0.1) is 18.8 Å². The molecule has 126 valence electrons. The molecule has 0 spiro atoms. The number of phosphoric ester groups is 1. The molecule has 1 aliphatic heterocycles. The highest BCUT2D eigenvalue weighted by Crippen LogP contribution is 2.66. The average Bonchev–Trinajstić information content (AvgIpc) is 2.50. The van der Waals surface area contributed by atoms with Gasteiger partial charge >= 0.3 is 23.5 Å². The van der Waals surface area contributed by atoms with Gasteiger partial charge in [-0.05, 0) is 19.3 Å². The van der Waals surface area contributed by atoms with Crippen molar-refractivity contribution in [3.8, 4) is 0 Å². The van der Waals surface area contributed by atoms with Crippen LogP contribution in [0.3, 0.4) is 0 Å². The first-order valence-corrected chi connectivity index (χ1v) is 10.3. The predicted octanol–water partition coefficient (Wildman–Crippen LogP) is 1.14. The zero-order valence-electron chi connectivity index (χ0n) is 11.1. The second-order valence-electron chi connectivity index (χ2n) is 4.56. The highest BCUT2D eigenvalue weighted by Gasteiger charge is 2.41. The summed E-state index contributed by atoms with van der Waals surface area (Å²) in [6.07, 6.45) is -0.0175. The number of rotatable bonds is 7. The highest BCUT2D eigenvalue weighted by molar-refractivity contribution is 7.66. The third-order valence-electron chi connectivity index (χ3n) is 2.68. The van der Waals surface area contributed by atoms with Crippen molar-refractivity contribution in [1.29, 1.82) is 0 Å². The molecule has 1 aliphatic rings. The van der Waals surface area contributed by atoms with Crippen LogP contribution in [0, 0.1) is 5.92 Å². The minimum absolute atomic E-state index is 0.0699. The Morgan fingerprint density at radius 3 is 2.05 bits per heavy atom. The molecule has 0 aromatic heterocycles. The standard InChI is InChI=1S/C7H17O11P3/c1-5-3-7(16-6(5)2)4-15-20(11,12)18-21(13,14)17-19(8,9)10/h5-7H,3-4H2,1-2H3,(H,11,12)(H,13,14)(H2,8,9,10)/t5-,6?,7+/m1/s1. The topological polar surface area (TPSA) is 169 Å². The van der Waals surface area contributed by atoms with E-state index in [1.54, 1.807) is 0 Å². The van der Waals surface area contributed by atoms with E-state index in [0.717, 1.165) is 0 Å². The molecule has 3 unspecified atom stereocenters. The number of hydrogen-bond donors (Lipinski definition) is 4. The molecule has 5 atom stereocenters. The Morgan fingerprint density at radius 2 is 1.62 bits per heavy atom. The normalized spacial score (nSPS) is 32.6. The second-order valence-corrected chi connectivity index (χ2v) is 8.98. The summed E-state index contributed by atoms with van der Waals surface area (Å²) in [6, 6.07) is 0. The van der Waals surface area contributed by atoms with Crippen LogP contribution < -0.4 is 0 Å². The Hall–Kier alpha value is 0.370. The first-order chi connectivity index (χ1) is 9.30. The molecule has 4 N–H and O–H groups in total. The van der Waals surface area contributed by atoms with Gasteiger partial charge in [0.25, 0.3) is 0 Å². The van der Waals surface area contributed by atoms with E-state index in [1.165, 1.54) is 0 Å². The van der Waals surface area contributed by atoms with Crippen molar-refractivity contribution >= 4 is 23.5 Å². The first-order valence-electron chi connectivity index (χ1n) is 5.73. The molecule has 1 saturated heterocycles. The molecule has 0 radical (unpaired) electrons. The van der Waals surface area contributed by atoms with Gasteiger partial charge in [-0.1, -0.05) is 6.92 Å². The lowest BCUT2D eigenvalue weighted by Gasteiger charge is -2.17. The molecule has 1 fully saturated rings. The fraction of sp³-hybridized carbons (Fsp3) is 1.00. The van der Waals surface area contributed by atoms with Crippen molar-refractivity contribution in [3.05, 3.63) is 0 Å². The van der Waals surface area contributed by atoms with Crippen molar-refractivity contribution in [1.82, 2.24) is 0 Å². The zero-order valence-corrected chi connectivity index (χ0v) is 13.8. The first kappa shape index (κ1) is 19.4. The van der Waals surface area contributed by atoms with E-state index in [2.05, 4.69) is 13.1 Å². The maximum absolute atomic E-state index is 11.4. The van der Waals surface area contributed by atoms with Crippen LogP contribution in [0.2, 0.25) is 0 Å². The van der Waals surface area contributed by atoms with Crippen molar-refractivity contribution in [2.45, 2.75) is 32.5 Å². The smallest absolute Gasteiger partial charge is 0.373 e. The summed E-state index contributed by atoms with van der Waals surface area (Å²) in [6.45, 7) is 3.34. The van der Waals surface area contributed by atoms with Crippen LogP contribution in [-0.2, 0) is 31.6 Å². The maximum Gasteiger partial charge on any atom is 0.490 e. The van der Waals surface area contributed by atoms with Crippen molar-refractivity contribution in [3.63, 3.8) is 0 Å². The molecule has 0 aromatic carbocycles. The predicted molar refractivity (Wildman–Crippen MR) is 67.9 cm³/mol. The van der Waals surface area contributed by atoms with Crippen molar-refractivity contribution in [2.75, 3.05) is 6.61 Å².